The van der Waals surface area contributed by atoms with E-state index >= 15 is 0 Å². The first kappa shape index (κ1) is 33.8. The molecular weight excluding hydrogens is 675 g/mol. The number of halogens is 2. The van der Waals surface area contributed by atoms with Crippen LogP contribution >= 0.6 is 12.6 Å². The SMILES string of the molecule is COc1ccc(-c2nc3ccccn3c2-c2ccnc(Nc3ccc(N4CCN(CCS)CC4)cc3O)n2)cc1C(=O)Nc1c(F)cccc1F. The lowest BCUT2D eigenvalue weighted by Gasteiger charge is -2.36. The molecule has 4 heterocycles. The van der Waals surface area contributed by atoms with E-state index in [9.17, 15) is 18.7 Å². The van der Waals surface area contributed by atoms with E-state index in [4.69, 9.17) is 14.7 Å². The third-order valence-corrected chi connectivity index (χ3v) is 8.93. The van der Waals surface area contributed by atoms with Crippen molar-refractivity contribution in [2.24, 2.45) is 0 Å². The number of imidazole rings is 1. The van der Waals surface area contributed by atoms with Gasteiger partial charge in [-0.2, -0.15) is 12.6 Å². The van der Waals surface area contributed by atoms with Crippen LogP contribution in [0.3, 0.4) is 0 Å². The summed E-state index contributed by atoms with van der Waals surface area (Å²) in [6.07, 6.45) is 3.44. The Morgan fingerprint density at radius 1 is 0.961 bits per heavy atom. The Kier molecular flexibility index (Phi) is 9.68. The van der Waals surface area contributed by atoms with Crippen LogP contribution in [0.5, 0.6) is 11.5 Å². The maximum atomic E-state index is 14.4. The number of hydrogen-bond acceptors (Lipinski definition) is 10. The number of thiol groups is 1. The van der Waals surface area contributed by atoms with Crippen molar-refractivity contribution in [3.8, 4) is 34.1 Å². The molecule has 3 aromatic heterocycles. The van der Waals surface area contributed by atoms with Crippen molar-refractivity contribution in [2.75, 3.05) is 61.1 Å². The molecule has 260 valence electrons. The number of hydrogen-bond donors (Lipinski definition) is 4. The van der Waals surface area contributed by atoms with Crippen molar-refractivity contribution in [3.63, 3.8) is 0 Å². The fourth-order valence-corrected chi connectivity index (χ4v) is 6.42. The lowest BCUT2D eigenvalue weighted by Crippen LogP contribution is -2.46. The number of fused-ring (bicyclic) bond motifs is 1. The maximum absolute atomic E-state index is 14.4. The average molecular weight is 709 g/mol. The molecule has 0 saturated carbocycles. The molecule has 1 saturated heterocycles. The molecule has 3 N–H and O–H groups in total. The Balaban J connectivity index is 1.20. The topological polar surface area (TPSA) is 120 Å². The van der Waals surface area contributed by atoms with E-state index in [1.165, 1.54) is 13.2 Å². The Hall–Kier alpha value is -5.73. The number of rotatable bonds is 10. The van der Waals surface area contributed by atoms with Crippen molar-refractivity contribution in [1.29, 1.82) is 0 Å². The van der Waals surface area contributed by atoms with Gasteiger partial charge in [-0.3, -0.25) is 14.1 Å². The van der Waals surface area contributed by atoms with Crippen molar-refractivity contribution in [3.05, 3.63) is 108 Å². The summed E-state index contributed by atoms with van der Waals surface area (Å²) >= 11 is 4.34. The molecule has 0 spiro atoms. The molecule has 0 atom stereocenters. The summed E-state index contributed by atoms with van der Waals surface area (Å²) in [5, 5.41) is 16.5. The van der Waals surface area contributed by atoms with Gasteiger partial charge in [0.15, 0.2) is 0 Å². The first-order chi connectivity index (χ1) is 24.8. The third kappa shape index (κ3) is 7.00. The number of carbonyl (C=O) groups excluding carboxylic acids is 1. The predicted molar refractivity (Wildman–Crippen MR) is 196 cm³/mol. The molecule has 0 bridgehead atoms. The molecule has 51 heavy (non-hydrogen) atoms. The van der Waals surface area contributed by atoms with Crippen molar-refractivity contribution < 1.29 is 23.4 Å². The molecule has 0 unspecified atom stereocenters. The van der Waals surface area contributed by atoms with Crippen LogP contribution in [0, 0.1) is 11.6 Å². The number of amides is 1. The van der Waals surface area contributed by atoms with E-state index < -0.39 is 23.2 Å². The van der Waals surface area contributed by atoms with Crippen LogP contribution in [0.25, 0.3) is 28.3 Å². The van der Waals surface area contributed by atoms with Gasteiger partial charge in [0, 0.05) is 68.2 Å². The molecule has 0 radical (unpaired) electrons. The number of benzene rings is 3. The number of aromatic hydroxyl groups is 1. The molecule has 1 fully saturated rings. The van der Waals surface area contributed by atoms with Crippen molar-refractivity contribution >= 4 is 47.2 Å². The average Bonchev–Trinajstić information content (AvgIpc) is 3.54. The lowest BCUT2D eigenvalue weighted by molar-refractivity contribution is 0.102. The summed E-state index contributed by atoms with van der Waals surface area (Å²) in [5.74, 6) is -1.24. The highest BCUT2D eigenvalue weighted by molar-refractivity contribution is 7.80. The van der Waals surface area contributed by atoms with Crippen molar-refractivity contribution in [1.82, 2.24) is 24.3 Å². The Morgan fingerprint density at radius 3 is 2.51 bits per heavy atom. The number of phenols is 1. The molecule has 1 amide bonds. The second-order valence-electron chi connectivity index (χ2n) is 11.8. The number of nitrogens with zero attached hydrogens (tertiary/aromatic N) is 6. The van der Waals surface area contributed by atoms with Gasteiger partial charge in [0.2, 0.25) is 5.95 Å². The van der Waals surface area contributed by atoms with Gasteiger partial charge in [0.1, 0.15) is 34.5 Å². The minimum absolute atomic E-state index is 0.0455. The van der Waals surface area contributed by atoms with Crippen LogP contribution in [0.4, 0.5) is 31.8 Å². The molecule has 3 aromatic carbocycles. The predicted octanol–water partition coefficient (Wildman–Crippen LogP) is 6.50. The Labute approximate surface area is 298 Å². The monoisotopic (exact) mass is 708 g/mol. The summed E-state index contributed by atoms with van der Waals surface area (Å²) in [6.45, 7) is 4.55. The highest BCUT2D eigenvalue weighted by Gasteiger charge is 2.23. The molecule has 11 nitrogen and oxygen atoms in total. The van der Waals surface area contributed by atoms with E-state index in [0.29, 0.717) is 34.0 Å². The van der Waals surface area contributed by atoms with E-state index in [2.05, 4.69) is 38.0 Å². The standard InChI is InChI=1S/C37H34F2N8O3S/c1-50-31-11-8-23(21-25(31)36(49)44-34-26(38)5-4-6-27(34)39)33-35(47-14-3-2-7-32(47)43-33)29-12-13-40-37(42-29)41-28-10-9-24(22-30(28)48)46-17-15-45(16-18-46)19-20-51/h2-14,21-22,48,51H,15-20H2,1H3,(H,44,49)(H,40,41,42). The van der Waals surface area contributed by atoms with Crippen molar-refractivity contribution in [2.45, 2.75) is 0 Å². The lowest BCUT2D eigenvalue weighted by atomic mass is 10.0. The summed E-state index contributed by atoms with van der Waals surface area (Å²) < 4.78 is 36.1. The van der Waals surface area contributed by atoms with Gasteiger partial charge in [-0.15, -0.1) is 0 Å². The second-order valence-corrected chi connectivity index (χ2v) is 12.3. The normalized spacial score (nSPS) is 13.4. The smallest absolute Gasteiger partial charge is 0.259 e. The quantitative estimate of drug-likeness (QED) is 0.0935. The summed E-state index contributed by atoms with van der Waals surface area (Å²) in [4.78, 5) is 32.1. The Morgan fingerprint density at radius 2 is 1.76 bits per heavy atom. The molecule has 7 rings (SSSR count). The number of para-hydroxylation sites is 1. The van der Waals surface area contributed by atoms with E-state index in [0.717, 1.165) is 56.3 Å². The highest BCUT2D eigenvalue weighted by atomic mass is 32.1. The number of carbonyl (C=O) groups is 1. The molecule has 14 heteroatoms. The van der Waals surface area contributed by atoms with Gasteiger partial charge in [-0.05, 0) is 60.7 Å². The van der Waals surface area contributed by atoms with Gasteiger partial charge in [-0.25, -0.2) is 23.7 Å². The summed E-state index contributed by atoms with van der Waals surface area (Å²) in [5.41, 5.74) is 3.60. The maximum Gasteiger partial charge on any atom is 0.259 e. The van der Waals surface area contributed by atoms with E-state index in [1.54, 1.807) is 42.6 Å². The number of phenolic OH excluding ortho intramolecular Hbond substituents is 1. The number of aromatic nitrogens is 4. The largest absolute Gasteiger partial charge is 0.506 e. The van der Waals surface area contributed by atoms with E-state index in [-0.39, 0.29) is 23.0 Å². The zero-order valence-electron chi connectivity index (χ0n) is 27.6. The first-order valence-electron chi connectivity index (χ1n) is 16.3. The minimum atomic E-state index is -0.905. The number of methoxy groups -OCH3 is 1. The fourth-order valence-electron chi connectivity index (χ4n) is 6.14. The van der Waals surface area contributed by atoms with Gasteiger partial charge in [-0.1, -0.05) is 12.1 Å². The number of pyridine rings is 1. The zero-order valence-corrected chi connectivity index (χ0v) is 28.4. The zero-order chi connectivity index (χ0) is 35.5. The number of piperazine rings is 1. The van der Waals surface area contributed by atoms with Crippen LogP contribution in [0.2, 0.25) is 0 Å². The van der Waals surface area contributed by atoms with Gasteiger partial charge >= 0.3 is 0 Å². The third-order valence-electron chi connectivity index (χ3n) is 8.73. The first-order valence-corrected chi connectivity index (χ1v) is 16.9. The van der Waals surface area contributed by atoms with Crippen LogP contribution in [0.1, 0.15) is 10.4 Å². The molecule has 6 aromatic rings. The van der Waals surface area contributed by atoms with Crippen LogP contribution in [-0.2, 0) is 0 Å². The molecule has 0 aliphatic carbocycles. The molecular formula is C37H34F2N8O3S. The van der Waals surface area contributed by atoms with Gasteiger partial charge < -0.3 is 25.4 Å². The Bertz CT molecular complexity index is 2200. The fraction of sp³-hybridized carbons (Fsp3) is 0.189. The van der Waals surface area contributed by atoms with E-state index in [1.807, 2.05) is 34.9 Å². The summed E-state index contributed by atoms with van der Waals surface area (Å²) in [7, 11) is 1.40. The number of nitrogens with one attached hydrogen (secondary N) is 2. The van der Waals surface area contributed by atoms with Crippen LogP contribution in [0.15, 0.2) is 91.3 Å². The highest BCUT2D eigenvalue weighted by Crippen LogP contribution is 2.36. The van der Waals surface area contributed by atoms with Gasteiger partial charge in [0.05, 0.1) is 35.4 Å². The number of anilines is 4. The molecule has 1 aliphatic heterocycles. The summed E-state index contributed by atoms with van der Waals surface area (Å²) in [6, 6.07) is 21.0. The van der Waals surface area contributed by atoms with Gasteiger partial charge in [0.25, 0.3) is 5.91 Å². The van der Waals surface area contributed by atoms with Crippen LogP contribution < -0.4 is 20.3 Å². The number of ether oxygens (including phenoxy) is 1. The second kappa shape index (κ2) is 14.6. The van der Waals surface area contributed by atoms with Crippen LogP contribution in [-0.4, -0.2) is 80.9 Å². The molecule has 1 aliphatic rings. The minimum Gasteiger partial charge on any atom is -0.506 e.